The molecule has 3 N–H and O–H groups in total. The third kappa shape index (κ3) is 4.23. The summed E-state index contributed by atoms with van der Waals surface area (Å²) < 4.78 is 6.13. The van der Waals surface area contributed by atoms with Crippen LogP contribution in [0.25, 0.3) is 0 Å². The standard InChI is InChI=1S/C11H19N5O3/c1-4-5-13-8(17)6-16-10(12)9(14-15-16)11(18)19-7(2)3/h7H,4-6,12H2,1-3H3,(H,13,17). The summed E-state index contributed by atoms with van der Waals surface area (Å²) in [5, 5.41) is 9.99. The van der Waals surface area contributed by atoms with Crippen LogP contribution in [0.3, 0.4) is 0 Å². The molecule has 106 valence electrons. The van der Waals surface area contributed by atoms with Gasteiger partial charge in [-0.1, -0.05) is 12.1 Å². The predicted octanol–water partition coefficient (Wildman–Crippen LogP) is -0.0483. The highest BCUT2D eigenvalue weighted by molar-refractivity contribution is 5.92. The average Bonchev–Trinajstić information content (AvgIpc) is 2.67. The van der Waals surface area contributed by atoms with E-state index >= 15 is 0 Å². The molecule has 0 fully saturated rings. The number of esters is 1. The number of aromatic nitrogens is 3. The third-order valence-corrected chi connectivity index (χ3v) is 2.18. The summed E-state index contributed by atoms with van der Waals surface area (Å²) >= 11 is 0. The molecule has 8 nitrogen and oxygen atoms in total. The quantitative estimate of drug-likeness (QED) is 0.700. The number of amides is 1. The Hall–Kier alpha value is -2.12. The second kappa shape index (κ2) is 6.72. The molecule has 0 saturated carbocycles. The Balaban J connectivity index is 2.70. The second-order valence-corrected chi connectivity index (χ2v) is 4.28. The van der Waals surface area contributed by atoms with Crippen LogP contribution in [-0.2, 0) is 16.1 Å². The fraction of sp³-hybridized carbons (Fsp3) is 0.636. The Morgan fingerprint density at radius 3 is 2.74 bits per heavy atom. The summed E-state index contributed by atoms with van der Waals surface area (Å²) in [7, 11) is 0. The highest BCUT2D eigenvalue weighted by atomic mass is 16.5. The van der Waals surface area contributed by atoms with E-state index in [0.717, 1.165) is 6.42 Å². The number of carbonyl (C=O) groups excluding carboxylic acids is 2. The van der Waals surface area contributed by atoms with Gasteiger partial charge in [0.25, 0.3) is 0 Å². The van der Waals surface area contributed by atoms with Gasteiger partial charge in [0.15, 0.2) is 5.82 Å². The zero-order valence-corrected chi connectivity index (χ0v) is 11.3. The van der Waals surface area contributed by atoms with Gasteiger partial charge in [0.05, 0.1) is 6.10 Å². The van der Waals surface area contributed by atoms with Crippen molar-refractivity contribution in [1.82, 2.24) is 20.3 Å². The molecule has 0 aromatic carbocycles. The van der Waals surface area contributed by atoms with Gasteiger partial charge in [0.2, 0.25) is 11.6 Å². The molecule has 1 aromatic rings. The molecular formula is C11H19N5O3. The number of hydrogen-bond acceptors (Lipinski definition) is 6. The SMILES string of the molecule is CCCNC(=O)Cn1nnc(C(=O)OC(C)C)c1N. The largest absolute Gasteiger partial charge is 0.458 e. The van der Waals surface area contributed by atoms with Crippen LogP contribution in [0.4, 0.5) is 5.82 Å². The Bertz CT molecular complexity index is 455. The van der Waals surface area contributed by atoms with Gasteiger partial charge in [-0.2, -0.15) is 0 Å². The van der Waals surface area contributed by atoms with Crippen LogP contribution in [0, 0.1) is 0 Å². The summed E-state index contributed by atoms with van der Waals surface area (Å²) in [6, 6.07) is 0. The van der Waals surface area contributed by atoms with Crippen LogP contribution in [0.2, 0.25) is 0 Å². The lowest BCUT2D eigenvalue weighted by atomic mass is 10.4. The van der Waals surface area contributed by atoms with Crippen LogP contribution in [-0.4, -0.2) is 39.5 Å². The molecule has 0 radical (unpaired) electrons. The van der Waals surface area contributed by atoms with E-state index in [9.17, 15) is 9.59 Å². The summed E-state index contributed by atoms with van der Waals surface area (Å²) in [4.78, 5) is 23.1. The van der Waals surface area contributed by atoms with Gasteiger partial charge in [-0.25, -0.2) is 9.48 Å². The van der Waals surface area contributed by atoms with Crippen molar-refractivity contribution in [3.63, 3.8) is 0 Å². The molecule has 0 aliphatic carbocycles. The molecule has 0 aliphatic heterocycles. The summed E-state index contributed by atoms with van der Waals surface area (Å²) in [5.41, 5.74) is 5.64. The molecular weight excluding hydrogens is 250 g/mol. The van der Waals surface area contributed by atoms with E-state index in [-0.39, 0.29) is 30.1 Å². The normalized spacial score (nSPS) is 10.5. The van der Waals surface area contributed by atoms with E-state index in [2.05, 4.69) is 15.6 Å². The minimum absolute atomic E-state index is 0.0253. The van der Waals surface area contributed by atoms with Gasteiger partial charge in [-0.3, -0.25) is 4.79 Å². The Kier molecular flexibility index (Phi) is 5.28. The minimum atomic E-state index is -0.646. The summed E-state index contributed by atoms with van der Waals surface area (Å²) in [6.45, 7) is 5.89. The molecule has 1 rings (SSSR count). The Morgan fingerprint density at radius 1 is 1.47 bits per heavy atom. The van der Waals surface area contributed by atoms with Gasteiger partial charge in [0.1, 0.15) is 6.54 Å². The molecule has 1 amide bonds. The van der Waals surface area contributed by atoms with Gasteiger partial charge < -0.3 is 15.8 Å². The Labute approximate surface area is 111 Å². The number of rotatable bonds is 6. The van der Waals surface area contributed by atoms with Crippen LogP contribution in [0.5, 0.6) is 0 Å². The maximum Gasteiger partial charge on any atom is 0.363 e. The van der Waals surface area contributed by atoms with Gasteiger partial charge in [-0.15, -0.1) is 5.10 Å². The first-order chi connectivity index (χ1) is 8.95. The number of carbonyl (C=O) groups is 2. The maximum atomic E-state index is 11.6. The number of nitrogens with zero attached hydrogens (tertiary/aromatic N) is 3. The number of nitrogens with two attached hydrogens (primary N) is 1. The van der Waals surface area contributed by atoms with Crippen molar-refractivity contribution in [2.45, 2.75) is 39.8 Å². The molecule has 0 bridgehead atoms. The fourth-order valence-corrected chi connectivity index (χ4v) is 1.31. The highest BCUT2D eigenvalue weighted by Crippen LogP contribution is 2.10. The predicted molar refractivity (Wildman–Crippen MR) is 68.3 cm³/mol. The first kappa shape index (κ1) is 14.9. The molecule has 0 spiro atoms. The molecule has 19 heavy (non-hydrogen) atoms. The minimum Gasteiger partial charge on any atom is -0.458 e. The van der Waals surface area contributed by atoms with Crippen LogP contribution in [0.15, 0.2) is 0 Å². The van der Waals surface area contributed by atoms with Gasteiger partial charge in [-0.05, 0) is 20.3 Å². The number of ether oxygens (including phenoxy) is 1. The summed E-state index contributed by atoms with van der Waals surface area (Å²) in [5.74, 6) is -0.854. The van der Waals surface area contributed by atoms with Crippen molar-refractivity contribution in [1.29, 1.82) is 0 Å². The van der Waals surface area contributed by atoms with Crippen molar-refractivity contribution >= 4 is 17.7 Å². The Morgan fingerprint density at radius 2 is 2.16 bits per heavy atom. The molecule has 0 aliphatic rings. The molecule has 1 heterocycles. The number of hydrogen-bond donors (Lipinski definition) is 2. The first-order valence-corrected chi connectivity index (χ1v) is 6.12. The average molecular weight is 269 g/mol. The molecule has 0 atom stereocenters. The third-order valence-electron chi connectivity index (χ3n) is 2.18. The lowest BCUT2D eigenvalue weighted by molar-refractivity contribution is -0.121. The fourth-order valence-electron chi connectivity index (χ4n) is 1.31. The zero-order chi connectivity index (χ0) is 14.4. The lowest BCUT2D eigenvalue weighted by Gasteiger charge is -2.06. The lowest BCUT2D eigenvalue weighted by Crippen LogP contribution is -2.29. The monoisotopic (exact) mass is 269 g/mol. The van der Waals surface area contributed by atoms with E-state index in [1.54, 1.807) is 13.8 Å². The van der Waals surface area contributed by atoms with Crippen LogP contribution < -0.4 is 11.1 Å². The van der Waals surface area contributed by atoms with Crippen molar-refractivity contribution in [3.8, 4) is 0 Å². The van der Waals surface area contributed by atoms with E-state index in [1.807, 2.05) is 6.92 Å². The second-order valence-electron chi connectivity index (χ2n) is 4.28. The van der Waals surface area contributed by atoms with E-state index in [4.69, 9.17) is 10.5 Å². The molecule has 1 aromatic heterocycles. The van der Waals surface area contributed by atoms with Crippen molar-refractivity contribution in [3.05, 3.63) is 5.69 Å². The van der Waals surface area contributed by atoms with E-state index in [1.165, 1.54) is 4.68 Å². The molecule has 8 heteroatoms. The highest BCUT2D eigenvalue weighted by Gasteiger charge is 2.20. The van der Waals surface area contributed by atoms with Gasteiger partial charge >= 0.3 is 5.97 Å². The molecule has 0 unspecified atom stereocenters. The van der Waals surface area contributed by atoms with Crippen LogP contribution in [0.1, 0.15) is 37.7 Å². The van der Waals surface area contributed by atoms with Crippen molar-refractivity contribution in [2.75, 3.05) is 12.3 Å². The topological polar surface area (TPSA) is 112 Å². The van der Waals surface area contributed by atoms with Gasteiger partial charge in [0, 0.05) is 6.54 Å². The van der Waals surface area contributed by atoms with E-state index < -0.39 is 5.97 Å². The number of nitrogens with one attached hydrogen (secondary N) is 1. The van der Waals surface area contributed by atoms with E-state index in [0.29, 0.717) is 6.54 Å². The number of anilines is 1. The number of nitrogen functional groups attached to an aromatic ring is 1. The smallest absolute Gasteiger partial charge is 0.363 e. The molecule has 0 saturated heterocycles. The first-order valence-electron chi connectivity index (χ1n) is 6.12. The van der Waals surface area contributed by atoms with Crippen molar-refractivity contribution in [2.24, 2.45) is 0 Å². The summed E-state index contributed by atoms with van der Waals surface area (Å²) in [6.07, 6.45) is 0.565. The zero-order valence-electron chi connectivity index (χ0n) is 11.3. The van der Waals surface area contributed by atoms with Crippen molar-refractivity contribution < 1.29 is 14.3 Å². The van der Waals surface area contributed by atoms with Crippen LogP contribution >= 0.6 is 0 Å². The maximum absolute atomic E-state index is 11.6.